The Bertz CT molecular complexity index is 475. The summed E-state index contributed by atoms with van der Waals surface area (Å²) in [5.41, 5.74) is 3.08. The molecule has 1 fully saturated rings. The summed E-state index contributed by atoms with van der Waals surface area (Å²) in [5.74, 6) is 0.0288. The molecule has 0 heterocycles. The van der Waals surface area contributed by atoms with Crippen molar-refractivity contribution in [2.45, 2.75) is 32.8 Å². The molecule has 1 saturated carbocycles. The van der Waals surface area contributed by atoms with Crippen LogP contribution in [0.2, 0.25) is 0 Å². The SMILES string of the molecule is Cc1ccc(C(=O)NOCC2CCC2)cc1OC(F)F. The molecule has 1 aromatic rings. The normalized spacial score (nSPS) is 15.0. The maximum atomic E-state index is 12.2. The van der Waals surface area contributed by atoms with Gasteiger partial charge < -0.3 is 4.74 Å². The molecule has 0 spiro atoms. The van der Waals surface area contributed by atoms with Gasteiger partial charge in [-0.25, -0.2) is 5.48 Å². The van der Waals surface area contributed by atoms with Crippen LogP contribution in [-0.4, -0.2) is 19.1 Å². The molecule has 1 aliphatic rings. The third kappa shape index (κ3) is 3.90. The zero-order valence-electron chi connectivity index (χ0n) is 11.2. The number of rotatable bonds is 6. The molecule has 0 bridgehead atoms. The van der Waals surface area contributed by atoms with Crippen LogP contribution in [0.3, 0.4) is 0 Å². The van der Waals surface area contributed by atoms with Crippen molar-refractivity contribution in [2.75, 3.05) is 6.61 Å². The maximum Gasteiger partial charge on any atom is 0.387 e. The average molecular weight is 285 g/mol. The van der Waals surface area contributed by atoms with E-state index in [1.807, 2.05) is 0 Å². The fourth-order valence-corrected chi connectivity index (χ4v) is 1.91. The van der Waals surface area contributed by atoms with Crippen molar-refractivity contribution in [3.05, 3.63) is 29.3 Å². The lowest BCUT2D eigenvalue weighted by molar-refractivity contribution is -0.0503. The topological polar surface area (TPSA) is 47.6 Å². The van der Waals surface area contributed by atoms with E-state index in [9.17, 15) is 13.6 Å². The van der Waals surface area contributed by atoms with E-state index in [0.717, 1.165) is 12.8 Å². The summed E-state index contributed by atoms with van der Waals surface area (Å²) >= 11 is 0. The number of carbonyl (C=O) groups is 1. The van der Waals surface area contributed by atoms with E-state index in [1.165, 1.54) is 18.6 Å². The molecule has 2 rings (SSSR count). The Morgan fingerprint density at radius 3 is 2.80 bits per heavy atom. The Labute approximate surface area is 116 Å². The van der Waals surface area contributed by atoms with E-state index < -0.39 is 12.5 Å². The average Bonchev–Trinajstić information content (AvgIpc) is 2.34. The molecule has 20 heavy (non-hydrogen) atoms. The molecule has 0 radical (unpaired) electrons. The lowest BCUT2D eigenvalue weighted by atomic mass is 9.86. The van der Waals surface area contributed by atoms with Crippen LogP contribution in [0.1, 0.15) is 35.2 Å². The molecule has 0 aromatic heterocycles. The van der Waals surface area contributed by atoms with Gasteiger partial charge in [0.25, 0.3) is 5.91 Å². The number of nitrogens with one attached hydrogen (secondary N) is 1. The van der Waals surface area contributed by atoms with Gasteiger partial charge in [0, 0.05) is 5.56 Å². The van der Waals surface area contributed by atoms with Crippen molar-refractivity contribution in [3.63, 3.8) is 0 Å². The van der Waals surface area contributed by atoms with Crippen molar-refractivity contribution in [1.82, 2.24) is 5.48 Å². The van der Waals surface area contributed by atoms with Crippen LogP contribution in [0.4, 0.5) is 8.78 Å². The van der Waals surface area contributed by atoms with Gasteiger partial charge in [-0.2, -0.15) is 8.78 Å². The molecule has 1 amide bonds. The van der Waals surface area contributed by atoms with Crippen molar-refractivity contribution < 1.29 is 23.1 Å². The summed E-state index contributed by atoms with van der Waals surface area (Å²) in [6.45, 7) is -0.799. The minimum absolute atomic E-state index is 0.00774. The smallest absolute Gasteiger partial charge is 0.387 e. The van der Waals surface area contributed by atoms with Gasteiger partial charge in [0.15, 0.2) is 0 Å². The number of alkyl halides is 2. The van der Waals surface area contributed by atoms with Crippen molar-refractivity contribution in [1.29, 1.82) is 0 Å². The highest BCUT2D eigenvalue weighted by molar-refractivity contribution is 5.94. The van der Waals surface area contributed by atoms with Gasteiger partial charge in [0.05, 0.1) is 6.61 Å². The summed E-state index contributed by atoms with van der Waals surface area (Å²) < 4.78 is 28.8. The molecule has 4 nitrogen and oxygen atoms in total. The first-order chi connectivity index (χ1) is 9.56. The van der Waals surface area contributed by atoms with Gasteiger partial charge in [-0.1, -0.05) is 12.5 Å². The Morgan fingerprint density at radius 1 is 1.45 bits per heavy atom. The number of halogens is 2. The number of amides is 1. The zero-order valence-corrected chi connectivity index (χ0v) is 11.2. The molecular weight excluding hydrogens is 268 g/mol. The van der Waals surface area contributed by atoms with E-state index >= 15 is 0 Å². The van der Waals surface area contributed by atoms with Crippen LogP contribution in [0.5, 0.6) is 5.75 Å². The standard InChI is InChI=1S/C14H17F2NO3/c1-9-5-6-11(7-12(9)20-14(15)16)13(18)17-19-8-10-3-2-4-10/h5-7,10,14H,2-4,8H2,1H3,(H,17,18). The van der Waals surface area contributed by atoms with Crippen LogP contribution < -0.4 is 10.2 Å². The molecule has 1 N–H and O–H groups in total. The first-order valence-corrected chi connectivity index (χ1v) is 6.54. The number of aryl methyl sites for hydroxylation is 1. The Hall–Kier alpha value is -1.69. The Kier molecular flexibility index (Phi) is 4.89. The molecular formula is C14H17F2NO3. The van der Waals surface area contributed by atoms with E-state index in [1.54, 1.807) is 13.0 Å². The van der Waals surface area contributed by atoms with Crippen LogP contribution in [-0.2, 0) is 4.84 Å². The summed E-state index contributed by atoms with van der Waals surface area (Å²) in [6.07, 6.45) is 3.44. The Morgan fingerprint density at radius 2 is 2.20 bits per heavy atom. The summed E-state index contributed by atoms with van der Waals surface area (Å²) in [6, 6.07) is 4.37. The number of hydrogen-bond donors (Lipinski definition) is 1. The highest BCUT2D eigenvalue weighted by Gasteiger charge is 2.18. The first-order valence-electron chi connectivity index (χ1n) is 6.54. The monoisotopic (exact) mass is 285 g/mol. The highest BCUT2D eigenvalue weighted by atomic mass is 19.3. The molecule has 1 aromatic carbocycles. The van der Waals surface area contributed by atoms with Crippen LogP contribution in [0.15, 0.2) is 18.2 Å². The van der Waals surface area contributed by atoms with Crippen molar-refractivity contribution in [3.8, 4) is 5.75 Å². The fraction of sp³-hybridized carbons (Fsp3) is 0.500. The van der Waals surface area contributed by atoms with E-state index in [-0.39, 0.29) is 11.3 Å². The van der Waals surface area contributed by atoms with Gasteiger partial charge in [0.1, 0.15) is 5.75 Å². The summed E-state index contributed by atoms with van der Waals surface area (Å²) in [5, 5.41) is 0. The zero-order chi connectivity index (χ0) is 14.5. The quantitative estimate of drug-likeness (QED) is 0.817. The van der Waals surface area contributed by atoms with E-state index in [2.05, 4.69) is 10.2 Å². The van der Waals surface area contributed by atoms with E-state index in [4.69, 9.17) is 4.84 Å². The summed E-state index contributed by atoms with van der Waals surface area (Å²) in [4.78, 5) is 16.9. The second kappa shape index (κ2) is 6.65. The van der Waals surface area contributed by atoms with Crippen LogP contribution in [0, 0.1) is 12.8 Å². The molecule has 1 aliphatic carbocycles. The first kappa shape index (κ1) is 14.7. The van der Waals surface area contributed by atoms with Crippen molar-refractivity contribution >= 4 is 5.91 Å². The van der Waals surface area contributed by atoms with Crippen LogP contribution >= 0.6 is 0 Å². The molecule has 6 heteroatoms. The predicted octanol–water partition coefficient (Wildman–Crippen LogP) is 3.06. The maximum absolute atomic E-state index is 12.2. The number of benzene rings is 1. The highest BCUT2D eigenvalue weighted by Crippen LogP contribution is 2.26. The molecule has 0 unspecified atom stereocenters. The predicted molar refractivity (Wildman–Crippen MR) is 68.6 cm³/mol. The van der Waals surface area contributed by atoms with Gasteiger partial charge in [0.2, 0.25) is 0 Å². The van der Waals surface area contributed by atoms with Crippen LogP contribution in [0.25, 0.3) is 0 Å². The van der Waals surface area contributed by atoms with Crippen molar-refractivity contribution in [2.24, 2.45) is 5.92 Å². The van der Waals surface area contributed by atoms with Gasteiger partial charge >= 0.3 is 6.61 Å². The number of carbonyl (C=O) groups excluding carboxylic acids is 1. The van der Waals surface area contributed by atoms with Gasteiger partial charge in [-0.15, -0.1) is 0 Å². The lowest BCUT2D eigenvalue weighted by Gasteiger charge is -2.24. The number of ether oxygens (including phenoxy) is 1. The number of hydrogen-bond acceptors (Lipinski definition) is 3. The Balaban J connectivity index is 1.91. The fourth-order valence-electron chi connectivity index (χ4n) is 1.91. The molecule has 0 saturated heterocycles. The number of hydroxylamine groups is 1. The molecule has 110 valence electrons. The van der Waals surface area contributed by atoms with Gasteiger partial charge in [-0.3, -0.25) is 9.63 Å². The third-order valence-electron chi connectivity index (χ3n) is 3.38. The van der Waals surface area contributed by atoms with E-state index in [0.29, 0.717) is 18.1 Å². The largest absolute Gasteiger partial charge is 0.435 e. The van der Waals surface area contributed by atoms with Gasteiger partial charge in [-0.05, 0) is 43.4 Å². The minimum atomic E-state index is -2.91. The summed E-state index contributed by atoms with van der Waals surface area (Å²) in [7, 11) is 0. The minimum Gasteiger partial charge on any atom is -0.435 e. The lowest BCUT2D eigenvalue weighted by Crippen LogP contribution is -2.28. The second-order valence-electron chi connectivity index (χ2n) is 4.90. The molecule has 0 atom stereocenters. The third-order valence-corrected chi connectivity index (χ3v) is 3.38. The second-order valence-corrected chi connectivity index (χ2v) is 4.90. The molecule has 0 aliphatic heterocycles.